The van der Waals surface area contributed by atoms with E-state index in [1.165, 1.54) is 43.3 Å². The monoisotopic (exact) mass is 1170 g/mol. The number of hydrogen-bond donors (Lipinski definition) is 1. The third-order valence-electron chi connectivity index (χ3n) is 17.9. The fourth-order valence-electron chi connectivity index (χ4n) is 14.1. The van der Waals surface area contributed by atoms with Crippen LogP contribution in [0.2, 0.25) is 49.9 Å². The van der Waals surface area contributed by atoms with E-state index in [1.807, 2.05) is 6.07 Å². The van der Waals surface area contributed by atoms with Crippen LogP contribution in [0.3, 0.4) is 0 Å². The Morgan fingerprint density at radius 2 is 0.683 bits per heavy atom. The molecule has 0 unspecified atom stereocenters. The third kappa shape index (κ3) is 10.9. The molecule has 0 saturated carbocycles. The Balaban J connectivity index is 0.000000243. The maximum Gasteiger partial charge on any atom is 0.265 e. The van der Waals surface area contributed by atoms with E-state index in [4.69, 9.17) is 18.3 Å². The summed E-state index contributed by atoms with van der Waals surface area (Å²) in [5.41, 5.74) is 7.09. The minimum absolute atomic E-state index is 0.0371. The largest absolute Gasteiger partial charge is 0.542 e. The molecule has 0 fully saturated rings. The highest BCUT2D eigenvalue weighted by Gasteiger charge is 2.54. The van der Waals surface area contributed by atoms with Gasteiger partial charge in [-0.15, -0.1) is 0 Å². The second-order valence-corrected chi connectivity index (χ2v) is 41.6. The number of aromatic nitrogens is 2. The van der Waals surface area contributed by atoms with Gasteiger partial charge < -0.3 is 18.4 Å². The van der Waals surface area contributed by atoms with Gasteiger partial charge in [0.05, 0.1) is 22.3 Å². The predicted octanol–water partition coefficient (Wildman–Crippen LogP) is 16.7. The molecule has 1 N–H and O–H groups in total. The average molecular weight is 1170 g/mol. The summed E-state index contributed by atoms with van der Waals surface area (Å²) < 4.78 is 48.7. The molecule has 4 aromatic carbocycles. The number of aromatic hydroxyl groups is 1. The van der Waals surface area contributed by atoms with Gasteiger partial charge in [0.15, 0.2) is 0 Å². The lowest BCUT2D eigenvalue weighted by molar-refractivity contribution is 0.0676. The number of pyridine rings is 2. The minimum Gasteiger partial charge on any atom is -0.542 e. The zero-order valence-corrected chi connectivity index (χ0v) is 54.9. The van der Waals surface area contributed by atoms with Crippen LogP contribution >= 0.6 is 0 Å². The van der Waals surface area contributed by atoms with Crippen LogP contribution in [-0.2, 0) is 12.8 Å². The first-order valence-electron chi connectivity index (χ1n) is 29.2. The number of phenolic OH excluding ortho intramolecular Hbond substituents is 1. The molecule has 440 valence electrons. The van der Waals surface area contributed by atoms with Crippen LogP contribution in [0.1, 0.15) is 188 Å². The average Bonchev–Trinajstić information content (AvgIpc) is 3.02. The van der Waals surface area contributed by atoms with Gasteiger partial charge in [-0.05, 0) is 121 Å². The second-order valence-electron chi connectivity index (χ2n) is 25.5. The summed E-state index contributed by atoms with van der Waals surface area (Å²) in [6.07, 6.45) is 4.47. The number of fused-ring (bicyclic) bond motifs is 4. The van der Waals surface area contributed by atoms with Gasteiger partial charge in [0, 0.05) is 37.3 Å². The van der Waals surface area contributed by atoms with Crippen LogP contribution in [0.5, 0.6) is 23.0 Å². The fraction of sp³-hybridized carbons (Fsp3) is 0.477. The summed E-state index contributed by atoms with van der Waals surface area (Å²) >= 11 is 0. The Bertz CT molecular complexity index is 3350. The first kappa shape index (κ1) is 63.3. The second kappa shape index (κ2) is 24.1. The number of amides is 4. The summed E-state index contributed by atoms with van der Waals surface area (Å²) in [5.74, 6) is -1.56. The first-order chi connectivity index (χ1) is 38.3. The molecule has 8 rings (SSSR count). The van der Waals surface area contributed by atoms with Crippen molar-refractivity contribution in [2.24, 2.45) is 0 Å². The summed E-state index contributed by atoms with van der Waals surface area (Å²) in [6.45, 7) is 39.3. The molecule has 0 atom stereocenters. The quantitative estimate of drug-likeness (QED) is 0.0614. The van der Waals surface area contributed by atoms with Gasteiger partial charge in [-0.2, -0.15) is 0 Å². The molecule has 0 radical (unpaired) electrons. The van der Waals surface area contributed by atoms with Crippen molar-refractivity contribution in [2.45, 2.75) is 187 Å². The van der Waals surface area contributed by atoms with Crippen molar-refractivity contribution in [1.29, 1.82) is 0 Å². The first-order valence-corrected chi connectivity index (χ1v) is 35.6. The SMILES string of the molecule is CC(C)[Si](Oc1c2c(c(O)c3cc(Cc4ccc(F)cc4)cnc13)C(=O)N(C)C2=O)(C(C)C)C(C)C.CC(C)[Si](Oc1c2c(c(O[Si](C(C)C)(C(C)C)C(C)C)c3ncc(Cc4ccc(F)cc4)cc13)C(=O)N(C)C2=O)(C(C)C)C(C)C. The van der Waals surface area contributed by atoms with E-state index in [1.54, 1.807) is 42.7 Å². The van der Waals surface area contributed by atoms with E-state index in [9.17, 15) is 33.1 Å². The molecular formula is C65H86F2N4O8Si3. The molecule has 2 aromatic heterocycles. The third-order valence-corrected chi connectivity index (χ3v) is 35.8. The number of hydrogen-bond acceptors (Lipinski definition) is 10. The molecule has 0 saturated heterocycles. The molecule has 0 aliphatic carbocycles. The molecule has 4 heterocycles. The van der Waals surface area contributed by atoms with Gasteiger partial charge in [0.25, 0.3) is 48.6 Å². The number of carbonyl (C=O) groups is 4. The smallest absolute Gasteiger partial charge is 0.265 e. The highest BCUT2D eigenvalue weighted by atomic mass is 28.4. The molecule has 82 heavy (non-hydrogen) atoms. The predicted molar refractivity (Wildman–Crippen MR) is 331 cm³/mol. The minimum atomic E-state index is -2.60. The number of carbonyl (C=O) groups excluding carboxylic acids is 4. The summed E-state index contributed by atoms with van der Waals surface area (Å²) in [7, 11) is -4.79. The van der Waals surface area contributed by atoms with Gasteiger partial charge in [-0.3, -0.25) is 38.9 Å². The van der Waals surface area contributed by atoms with Crippen molar-refractivity contribution < 1.29 is 46.3 Å². The number of rotatable bonds is 19. The van der Waals surface area contributed by atoms with Crippen molar-refractivity contribution in [3.63, 3.8) is 0 Å². The van der Waals surface area contributed by atoms with Crippen LogP contribution in [0, 0.1) is 11.6 Å². The lowest BCUT2D eigenvalue weighted by atomic mass is 9.99. The Kier molecular flexibility index (Phi) is 18.6. The Labute approximate surface area is 487 Å². The van der Waals surface area contributed by atoms with Crippen LogP contribution < -0.4 is 13.3 Å². The Hall–Kier alpha value is -6.31. The van der Waals surface area contributed by atoms with Crippen LogP contribution in [0.4, 0.5) is 8.78 Å². The molecule has 2 aliphatic rings. The topological polar surface area (TPSA) is 148 Å². The van der Waals surface area contributed by atoms with E-state index < -0.39 is 36.8 Å². The molecule has 17 heteroatoms. The van der Waals surface area contributed by atoms with Crippen molar-refractivity contribution in [2.75, 3.05) is 14.1 Å². The van der Waals surface area contributed by atoms with Gasteiger partial charge in [0.1, 0.15) is 45.7 Å². The van der Waals surface area contributed by atoms with Gasteiger partial charge >= 0.3 is 0 Å². The highest BCUT2D eigenvalue weighted by molar-refractivity contribution is 6.79. The number of phenols is 1. The number of imide groups is 2. The maximum absolute atomic E-state index is 14.1. The molecule has 0 bridgehead atoms. The molecule has 4 amide bonds. The van der Waals surface area contributed by atoms with Crippen LogP contribution in [-0.4, -0.2) is 87.6 Å². The van der Waals surface area contributed by atoms with Crippen molar-refractivity contribution >= 4 is 70.4 Å². The Morgan fingerprint density at radius 1 is 0.415 bits per heavy atom. The normalized spacial score (nSPS) is 14.2. The van der Waals surface area contributed by atoms with E-state index in [-0.39, 0.29) is 107 Å². The van der Waals surface area contributed by atoms with Crippen molar-refractivity contribution in [3.8, 4) is 23.0 Å². The molecule has 6 aromatic rings. The highest BCUT2D eigenvalue weighted by Crippen LogP contribution is 2.54. The summed E-state index contributed by atoms with van der Waals surface area (Å²) in [5, 5.41) is 12.3. The molecule has 2 aliphatic heterocycles. The zero-order chi connectivity index (χ0) is 61.0. The molecule has 12 nitrogen and oxygen atoms in total. The molecular weight excluding hydrogens is 1090 g/mol. The number of nitrogens with zero attached hydrogens (tertiary/aromatic N) is 4. The lowest BCUT2D eigenvalue weighted by Crippen LogP contribution is -2.51. The van der Waals surface area contributed by atoms with E-state index in [0.717, 1.165) is 27.2 Å². The van der Waals surface area contributed by atoms with E-state index >= 15 is 0 Å². The Morgan fingerprint density at radius 3 is 1.01 bits per heavy atom. The lowest BCUT2D eigenvalue weighted by Gasteiger charge is -2.44. The van der Waals surface area contributed by atoms with Gasteiger partial charge in [0.2, 0.25) is 0 Å². The van der Waals surface area contributed by atoms with Crippen LogP contribution in [0.25, 0.3) is 21.8 Å². The summed E-state index contributed by atoms with van der Waals surface area (Å²) in [6, 6.07) is 16.5. The maximum atomic E-state index is 14.1. The zero-order valence-electron chi connectivity index (χ0n) is 51.9. The standard InChI is InChI=1S/C37H53FN2O4Si2.C28H33FN2O4Si/c1-21(2)45(22(3)4,23(5)6)43-34-30-19-28(18-27-14-16-29(38)17-15-27)20-39-33(30)35(32-31(34)36(41)40(13)37(32)42)44-46(24(7)8,25(9)10)26(11)12;1-15(2)36(16(3)4,17(5)6)35-26-23-22(27(33)31(7)28(23)34)25(32)21-13-19(14-30-24(21)26)12-18-8-10-20(29)11-9-18/h14-17,19-26H,18H2,1-13H3;8-11,13-17,32H,12H2,1-7H3. The fourth-order valence-corrected chi connectivity index (χ4v) is 29.9. The number of halogens is 2. The van der Waals surface area contributed by atoms with E-state index in [2.05, 4.69) is 130 Å². The van der Waals surface area contributed by atoms with Crippen molar-refractivity contribution in [3.05, 3.63) is 129 Å². The van der Waals surface area contributed by atoms with Crippen molar-refractivity contribution in [1.82, 2.24) is 19.8 Å². The summed E-state index contributed by atoms with van der Waals surface area (Å²) in [4.78, 5) is 66.3. The van der Waals surface area contributed by atoms with Crippen LogP contribution in [0.15, 0.2) is 73.1 Å². The number of benzene rings is 4. The van der Waals surface area contributed by atoms with Gasteiger partial charge in [-0.25, -0.2) is 8.78 Å². The molecule has 0 spiro atoms. The van der Waals surface area contributed by atoms with E-state index in [0.29, 0.717) is 46.1 Å². The van der Waals surface area contributed by atoms with Gasteiger partial charge in [-0.1, -0.05) is 149 Å².